The Labute approximate surface area is 96.4 Å². The van der Waals surface area contributed by atoms with E-state index in [4.69, 9.17) is 0 Å². The van der Waals surface area contributed by atoms with E-state index in [2.05, 4.69) is 44.8 Å². The number of hydrogen-bond acceptors (Lipinski definition) is 2. The van der Waals surface area contributed by atoms with Crippen molar-refractivity contribution in [1.29, 1.82) is 0 Å². The van der Waals surface area contributed by atoms with Crippen LogP contribution >= 0.6 is 0 Å². The standard InChI is InChI=1S/C13H30N2/c1-6-8-11-15(7-2)12-9-10-14-13(3,4)5/h14H,6-12H2,1-5H3. The van der Waals surface area contributed by atoms with Crippen molar-refractivity contribution in [2.75, 3.05) is 26.2 Å². The maximum atomic E-state index is 3.53. The lowest BCUT2D eigenvalue weighted by Gasteiger charge is -2.23. The average molecular weight is 214 g/mol. The molecule has 0 aromatic rings. The van der Waals surface area contributed by atoms with Crippen LogP contribution in [-0.4, -0.2) is 36.6 Å². The summed E-state index contributed by atoms with van der Waals surface area (Å²) in [6.07, 6.45) is 3.89. The predicted molar refractivity (Wildman–Crippen MR) is 69.4 cm³/mol. The number of nitrogens with one attached hydrogen (secondary N) is 1. The van der Waals surface area contributed by atoms with Gasteiger partial charge in [-0.1, -0.05) is 20.3 Å². The van der Waals surface area contributed by atoms with Gasteiger partial charge in [0.05, 0.1) is 0 Å². The van der Waals surface area contributed by atoms with E-state index in [-0.39, 0.29) is 5.54 Å². The van der Waals surface area contributed by atoms with Crippen LogP contribution < -0.4 is 5.32 Å². The van der Waals surface area contributed by atoms with Gasteiger partial charge in [-0.2, -0.15) is 0 Å². The smallest absolute Gasteiger partial charge is 0.00965 e. The van der Waals surface area contributed by atoms with Crippen LogP contribution in [0, 0.1) is 0 Å². The van der Waals surface area contributed by atoms with E-state index >= 15 is 0 Å². The van der Waals surface area contributed by atoms with Crippen molar-refractivity contribution in [3.63, 3.8) is 0 Å². The summed E-state index contributed by atoms with van der Waals surface area (Å²) < 4.78 is 0. The van der Waals surface area contributed by atoms with E-state index in [9.17, 15) is 0 Å². The molecular formula is C13H30N2. The molecule has 0 amide bonds. The summed E-state index contributed by atoms with van der Waals surface area (Å²) in [5.41, 5.74) is 0.264. The Morgan fingerprint density at radius 3 is 2.07 bits per heavy atom. The maximum Gasteiger partial charge on any atom is 0.00965 e. The Morgan fingerprint density at radius 2 is 1.60 bits per heavy atom. The van der Waals surface area contributed by atoms with Gasteiger partial charge in [0, 0.05) is 5.54 Å². The molecule has 0 aromatic carbocycles. The Morgan fingerprint density at radius 1 is 1.00 bits per heavy atom. The summed E-state index contributed by atoms with van der Waals surface area (Å²) in [6, 6.07) is 0. The lowest BCUT2D eigenvalue weighted by Crippen LogP contribution is -2.38. The zero-order chi connectivity index (χ0) is 11.7. The molecule has 2 nitrogen and oxygen atoms in total. The van der Waals surface area contributed by atoms with E-state index in [1.807, 2.05) is 0 Å². The second-order valence-electron chi connectivity index (χ2n) is 5.32. The van der Waals surface area contributed by atoms with Crippen LogP contribution in [0.4, 0.5) is 0 Å². The minimum atomic E-state index is 0.264. The van der Waals surface area contributed by atoms with Crippen LogP contribution in [0.3, 0.4) is 0 Å². The second-order valence-corrected chi connectivity index (χ2v) is 5.32. The molecule has 0 aliphatic rings. The van der Waals surface area contributed by atoms with E-state index < -0.39 is 0 Å². The molecule has 0 bridgehead atoms. The molecule has 0 saturated carbocycles. The molecule has 0 atom stereocenters. The quantitative estimate of drug-likeness (QED) is 0.625. The van der Waals surface area contributed by atoms with E-state index in [1.165, 1.54) is 38.9 Å². The predicted octanol–water partition coefficient (Wildman–Crippen LogP) is 2.89. The first-order valence-corrected chi connectivity index (χ1v) is 6.47. The minimum Gasteiger partial charge on any atom is -0.312 e. The maximum absolute atomic E-state index is 3.53. The molecule has 0 unspecified atom stereocenters. The van der Waals surface area contributed by atoms with Gasteiger partial charge in [-0.3, -0.25) is 0 Å². The van der Waals surface area contributed by atoms with Gasteiger partial charge < -0.3 is 10.2 Å². The monoisotopic (exact) mass is 214 g/mol. The van der Waals surface area contributed by atoms with Gasteiger partial charge in [-0.25, -0.2) is 0 Å². The fraction of sp³-hybridized carbons (Fsp3) is 1.00. The van der Waals surface area contributed by atoms with Gasteiger partial charge in [0.1, 0.15) is 0 Å². The highest BCUT2D eigenvalue weighted by Gasteiger charge is 2.08. The number of nitrogens with zero attached hydrogens (tertiary/aromatic N) is 1. The Balaban J connectivity index is 3.46. The molecule has 0 heterocycles. The number of hydrogen-bond donors (Lipinski definition) is 1. The van der Waals surface area contributed by atoms with Crippen LogP contribution in [0.5, 0.6) is 0 Å². The van der Waals surface area contributed by atoms with Gasteiger partial charge in [-0.05, 0) is 59.8 Å². The molecule has 0 spiro atoms. The van der Waals surface area contributed by atoms with Crippen molar-refractivity contribution in [2.45, 2.75) is 59.4 Å². The molecule has 0 aromatic heterocycles. The Kier molecular flexibility index (Phi) is 8.07. The first-order chi connectivity index (χ1) is 6.99. The Bertz CT molecular complexity index is 138. The summed E-state index contributed by atoms with van der Waals surface area (Å²) in [5.74, 6) is 0. The highest BCUT2D eigenvalue weighted by molar-refractivity contribution is 4.70. The van der Waals surface area contributed by atoms with Crippen LogP contribution in [0.15, 0.2) is 0 Å². The summed E-state index contributed by atoms with van der Waals surface area (Å²) in [4.78, 5) is 2.55. The Hall–Kier alpha value is -0.0800. The fourth-order valence-electron chi connectivity index (χ4n) is 1.58. The largest absolute Gasteiger partial charge is 0.312 e. The lowest BCUT2D eigenvalue weighted by molar-refractivity contribution is 0.273. The molecular weight excluding hydrogens is 184 g/mol. The first-order valence-electron chi connectivity index (χ1n) is 6.47. The molecule has 0 radical (unpaired) electrons. The van der Waals surface area contributed by atoms with Crippen LogP contribution in [0.1, 0.15) is 53.9 Å². The minimum absolute atomic E-state index is 0.264. The zero-order valence-electron chi connectivity index (χ0n) is 11.4. The fourth-order valence-corrected chi connectivity index (χ4v) is 1.58. The van der Waals surface area contributed by atoms with Crippen molar-refractivity contribution < 1.29 is 0 Å². The van der Waals surface area contributed by atoms with Crippen molar-refractivity contribution in [1.82, 2.24) is 10.2 Å². The molecule has 0 saturated heterocycles. The van der Waals surface area contributed by atoms with E-state index in [1.54, 1.807) is 0 Å². The highest BCUT2D eigenvalue weighted by atomic mass is 15.1. The molecule has 0 aliphatic carbocycles. The van der Waals surface area contributed by atoms with Crippen molar-refractivity contribution in [2.24, 2.45) is 0 Å². The second kappa shape index (κ2) is 8.12. The highest BCUT2D eigenvalue weighted by Crippen LogP contribution is 2.00. The number of unbranched alkanes of at least 4 members (excludes halogenated alkanes) is 1. The summed E-state index contributed by atoms with van der Waals surface area (Å²) in [5, 5.41) is 3.53. The topological polar surface area (TPSA) is 15.3 Å². The molecule has 0 rings (SSSR count). The van der Waals surface area contributed by atoms with Gasteiger partial charge in [0.2, 0.25) is 0 Å². The SMILES string of the molecule is CCCCN(CC)CCCNC(C)(C)C. The lowest BCUT2D eigenvalue weighted by atomic mass is 10.1. The van der Waals surface area contributed by atoms with Gasteiger partial charge in [0.15, 0.2) is 0 Å². The molecule has 15 heavy (non-hydrogen) atoms. The van der Waals surface area contributed by atoms with Gasteiger partial charge in [0.25, 0.3) is 0 Å². The molecule has 0 aliphatic heterocycles. The molecule has 92 valence electrons. The summed E-state index contributed by atoms with van der Waals surface area (Å²) >= 11 is 0. The first kappa shape index (κ1) is 14.9. The van der Waals surface area contributed by atoms with Gasteiger partial charge in [-0.15, -0.1) is 0 Å². The van der Waals surface area contributed by atoms with Crippen molar-refractivity contribution >= 4 is 0 Å². The van der Waals surface area contributed by atoms with E-state index in [0.29, 0.717) is 0 Å². The normalized spacial score (nSPS) is 12.4. The number of rotatable bonds is 8. The third-order valence-electron chi connectivity index (χ3n) is 2.58. The third-order valence-corrected chi connectivity index (χ3v) is 2.58. The third kappa shape index (κ3) is 10.2. The van der Waals surface area contributed by atoms with Gasteiger partial charge >= 0.3 is 0 Å². The summed E-state index contributed by atoms with van der Waals surface area (Å²) in [6.45, 7) is 16.0. The molecule has 2 heteroatoms. The van der Waals surface area contributed by atoms with Crippen LogP contribution in [0.2, 0.25) is 0 Å². The van der Waals surface area contributed by atoms with Crippen LogP contribution in [0.25, 0.3) is 0 Å². The van der Waals surface area contributed by atoms with Crippen molar-refractivity contribution in [3.05, 3.63) is 0 Å². The zero-order valence-corrected chi connectivity index (χ0v) is 11.4. The summed E-state index contributed by atoms with van der Waals surface area (Å²) in [7, 11) is 0. The molecule has 0 fully saturated rings. The average Bonchev–Trinajstić information content (AvgIpc) is 2.15. The van der Waals surface area contributed by atoms with E-state index in [0.717, 1.165) is 6.54 Å². The van der Waals surface area contributed by atoms with Crippen LogP contribution in [-0.2, 0) is 0 Å². The van der Waals surface area contributed by atoms with Crippen molar-refractivity contribution in [3.8, 4) is 0 Å². The molecule has 1 N–H and O–H groups in total.